The summed E-state index contributed by atoms with van der Waals surface area (Å²) >= 11 is 5.80. The van der Waals surface area contributed by atoms with E-state index in [9.17, 15) is 8.42 Å². The van der Waals surface area contributed by atoms with Gasteiger partial charge in [-0.1, -0.05) is 25.4 Å². The van der Waals surface area contributed by atoms with Crippen LogP contribution in [-0.4, -0.2) is 27.7 Å². The monoisotopic (exact) mass is 318 g/mol. The molecule has 1 aliphatic carbocycles. The highest BCUT2D eigenvalue weighted by molar-refractivity contribution is 7.89. The summed E-state index contributed by atoms with van der Waals surface area (Å²) in [7, 11) is -1.97. The Morgan fingerprint density at radius 1 is 1.45 bits per heavy atom. The summed E-state index contributed by atoms with van der Waals surface area (Å²) in [5, 5.41) is 0.340. The van der Waals surface area contributed by atoms with Gasteiger partial charge in [0.2, 0.25) is 10.0 Å². The topological polar surface area (TPSA) is 81.4 Å². The average molecular weight is 319 g/mol. The van der Waals surface area contributed by atoms with Crippen molar-refractivity contribution >= 4 is 27.3 Å². The third-order valence-electron chi connectivity index (χ3n) is 4.04. The second-order valence-corrected chi connectivity index (χ2v) is 7.76. The second kappa shape index (κ2) is 5.18. The minimum absolute atomic E-state index is 0.0606. The van der Waals surface area contributed by atoms with Gasteiger partial charge in [0.15, 0.2) is 0 Å². The van der Waals surface area contributed by atoms with Crippen LogP contribution in [0.5, 0.6) is 0 Å². The van der Waals surface area contributed by atoms with Crippen LogP contribution in [0, 0.1) is 5.41 Å². The second-order valence-electron chi connectivity index (χ2n) is 5.64. The molecule has 1 aromatic rings. The average Bonchev–Trinajstić information content (AvgIpc) is 2.37. The number of nitrogens with one attached hydrogen (secondary N) is 1. The van der Waals surface area contributed by atoms with Gasteiger partial charge >= 0.3 is 0 Å². The van der Waals surface area contributed by atoms with Crippen LogP contribution in [0.4, 0.5) is 5.69 Å². The van der Waals surface area contributed by atoms with Crippen molar-refractivity contribution in [3.8, 4) is 0 Å². The van der Waals surface area contributed by atoms with E-state index in [1.807, 2.05) is 13.8 Å². The molecule has 0 saturated heterocycles. The fourth-order valence-corrected chi connectivity index (χ4v) is 3.99. The standard InChI is InChI=1S/C13H19ClN2O3S/c1-13(2)11(7-12(13)19-3)16-20(17,18)8-4-5-9(14)10(15)6-8/h4-6,11-12,16H,7,15H2,1-3H3. The van der Waals surface area contributed by atoms with Gasteiger partial charge < -0.3 is 10.5 Å². The number of benzene rings is 1. The summed E-state index contributed by atoms with van der Waals surface area (Å²) < 4.78 is 32.7. The fraction of sp³-hybridized carbons (Fsp3) is 0.538. The number of methoxy groups -OCH3 is 1. The largest absolute Gasteiger partial charge is 0.397 e. The Bertz CT molecular complexity index is 616. The molecule has 112 valence electrons. The first-order valence-electron chi connectivity index (χ1n) is 6.28. The first-order valence-corrected chi connectivity index (χ1v) is 8.14. The van der Waals surface area contributed by atoms with Crippen molar-refractivity contribution in [3.05, 3.63) is 23.2 Å². The van der Waals surface area contributed by atoms with E-state index in [2.05, 4.69) is 4.72 Å². The van der Waals surface area contributed by atoms with Crippen LogP contribution in [0.3, 0.4) is 0 Å². The maximum atomic E-state index is 12.3. The van der Waals surface area contributed by atoms with Crippen LogP contribution >= 0.6 is 11.6 Å². The Labute approximate surface area is 124 Å². The molecule has 0 aliphatic heterocycles. The maximum absolute atomic E-state index is 12.3. The van der Waals surface area contributed by atoms with Crippen molar-refractivity contribution in [2.75, 3.05) is 12.8 Å². The van der Waals surface area contributed by atoms with E-state index in [0.717, 1.165) is 0 Å². The summed E-state index contributed by atoms with van der Waals surface area (Å²) in [6.45, 7) is 3.96. The fourth-order valence-electron chi connectivity index (χ4n) is 2.43. The molecule has 2 atom stereocenters. The van der Waals surface area contributed by atoms with Crippen LogP contribution in [0.25, 0.3) is 0 Å². The van der Waals surface area contributed by atoms with Crippen molar-refractivity contribution in [1.29, 1.82) is 0 Å². The van der Waals surface area contributed by atoms with E-state index in [1.165, 1.54) is 18.2 Å². The van der Waals surface area contributed by atoms with Gasteiger partial charge in [0, 0.05) is 18.6 Å². The Morgan fingerprint density at radius 3 is 2.60 bits per heavy atom. The zero-order chi connectivity index (χ0) is 15.1. The van der Waals surface area contributed by atoms with Crippen LogP contribution < -0.4 is 10.5 Å². The van der Waals surface area contributed by atoms with Gasteiger partial charge in [-0.3, -0.25) is 0 Å². The van der Waals surface area contributed by atoms with Gasteiger partial charge in [-0.05, 0) is 24.6 Å². The van der Waals surface area contributed by atoms with Gasteiger partial charge in [-0.15, -0.1) is 0 Å². The zero-order valence-corrected chi connectivity index (χ0v) is 13.3. The molecular weight excluding hydrogens is 300 g/mol. The smallest absolute Gasteiger partial charge is 0.240 e. The highest BCUT2D eigenvalue weighted by Gasteiger charge is 2.50. The number of nitrogens with two attached hydrogens (primary N) is 1. The van der Waals surface area contributed by atoms with Gasteiger partial charge in [0.05, 0.1) is 21.7 Å². The predicted octanol–water partition coefficient (Wildman–Crippen LogP) is 2.01. The molecule has 5 nitrogen and oxygen atoms in total. The van der Waals surface area contributed by atoms with Crippen molar-refractivity contribution in [1.82, 2.24) is 4.72 Å². The normalized spacial score (nSPS) is 25.2. The van der Waals surface area contributed by atoms with Crippen molar-refractivity contribution in [3.63, 3.8) is 0 Å². The van der Waals surface area contributed by atoms with Crippen molar-refractivity contribution < 1.29 is 13.2 Å². The molecule has 0 aromatic heterocycles. The number of hydrogen-bond acceptors (Lipinski definition) is 4. The Kier molecular flexibility index (Phi) is 4.03. The number of ether oxygens (including phenoxy) is 1. The minimum atomic E-state index is -3.61. The molecule has 0 spiro atoms. The number of halogens is 1. The first-order chi connectivity index (χ1) is 9.18. The van der Waals surface area contributed by atoms with Crippen molar-refractivity contribution in [2.24, 2.45) is 5.41 Å². The maximum Gasteiger partial charge on any atom is 0.240 e. The molecule has 1 saturated carbocycles. The third kappa shape index (κ3) is 2.65. The van der Waals surface area contributed by atoms with E-state index < -0.39 is 10.0 Å². The predicted molar refractivity (Wildman–Crippen MR) is 79.2 cm³/mol. The lowest BCUT2D eigenvalue weighted by Gasteiger charge is -2.50. The summed E-state index contributed by atoms with van der Waals surface area (Å²) in [5.41, 5.74) is 5.66. The zero-order valence-electron chi connectivity index (χ0n) is 11.7. The van der Waals surface area contributed by atoms with Gasteiger partial charge in [-0.25, -0.2) is 13.1 Å². The summed E-state index contributed by atoms with van der Waals surface area (Å²) in [5.74, 6) is 0. The van der Waals surface area contributed by atoms with Crippen LogP contribution in [0.2, 0.25) is 5.02 Å². The van der Waals surface area contributed by atoms with E-state index >= 15 is 0 Å². The van der Waals surface area contributed by atoms with Gasteiger partial charge in [0.25, 0.3) is 0 Å². The van der Waals surface area contributed by atoms with E-state index in [1.54, 1.807) is 7.11 Å². The van der Waals surface area contributed by atoms with Crippen LogP contribution in [-0.2, 0) is 14.8 Å². The van der Waals surface area contributed by atoms with E-state index in [0.29, 0.717) is 11.4 Å². The summed E-state index contributed by atoms with van der Waals surface area (Å²) in [4.78, 5) is 0.121. The highest BCUT2D eigenvalue weighted by Crippen LogP contribution is 2.43. The van der Waals surface area contributed by atoms with E-state index in [-0.39, 0.29) is 28.1 Å². The quantitative estimate of drug-likeness (QED) is 0.832. The van der Waals surface area contributed by atoms with Crippen molar-refractivity contribution in [2.45, 2.75) is 37.3 Å². The molecule has 3 N–H and O–H groups in total. The Morgan fingerprint density at radius 2 is 2.10 bits per heavy atom. The third-order valence-corrected chi connectivity index (χ3v) is 5.85. The van der Waals surface area contributed by atoms with Crippen LogP contribution in [0.1, 0.15) is 20.3 Å². The molecule has 7 heteroatoms. The van der Waals surface area contributed by atoms with Gasteiger partial charge in [-0.2, -0.15) is 0 Å². The molecule has 0 heterocycles. The molecule has 20 heavy (non-hydrogen) atoms. The SMILES string of the molecule is COC1CC(NS(=O)(=O)c2ccc(Cl)c(N)c2)C1(C)C. The molecule has 0 radical (unpaired) electrons. The number of hydrogen-bond donors (Lipinski definition) is 2. The van der Waals surface area contributed by atoms with E-state index in [4.69, 9.17) is 22.1 Å². The lowest BCUT2D eigenvalue weighted by molar-refractivity contribution is -0.0908. The number of rotatable bonds is 4. The molecule has 1 aliphatic rings. The molecule has 0 amide bonds. The molecule has 2 unspecified atom stereocenters. The Balaban J connectivity index is 2.18. The number of nitrogen functional groups attached to an aromatic ring is 1. The molecule has 1 fully saturated rings. The molecule has 2 rings (SSSR count). The summed E-state index contributed by atoms with van der Waals surface area (Å²) in [6.07, 6.45) is 0.719. The number of anilines is 1. The summed E-state index contributed by atoms with van der Waals surface area (Å²) in [6, 6.07) is 4.13. The molecule has 0 bridgehead atoms. The van der Waals surface area contributed by atoms with Gasteiger partial charge in [0.1, 0.15) is 0 Å². The number of sulfonamides is 1. The highest BCUT2D eigenvalue weighted by atomic mass is 35.5. The molecule has 1 aromatic carbocycles. The first kappa shape index (κ1) is 15.6. The Hall–Kier alpha value is -0.820. The molecular formula is C13H19ClN2O3S. The minimum Gasteiger partial charge on any atom is -0.397 e. The lowest BCUT2D eigenvalue weighted by atomic mass is 9.65. The lowest BCUT2D eigenvalue weighted by Crippen LogP contribution is -2.61. The van der Waals surface area contributed by atoms with Crippen LogP contribution in [0.15, 0.2) is 23.1 Å².